The van der Waals surface area contributed by atoms with Gasteiger partial charge in [0.15, 0.2) is 0 Å². The van der Waals surface area contributed by atoms with Gasteiger partial charge in [0, 0.05) is 35.7 Å². The van der Waals surface area contributed by atoms with Gasteiger partial charge in [0.1, 0.15) is 6.04 Å². The van der Waals surface area contributed by atoms with E-state index in [1.54, 1.807) is 12.1 Å². The van der Waals surface area contributed by atoms with E-state index in [0.717, 1.165) is 34.3 Å². The average molecular weight is 430 g/mol. The van der Waals surface area contributed by atoms with Crippen molar-refractivity contribution in [3.63, 3.8) is 0 Å². The first-order valence-corrected chi connectivity index (χ1v) is 10.5. The van der Waals surface area contributed by atoms with Gasteiger partial charge in [0.05, 0.1) is 5.56 Å². The highest BCUT2D eigenvalue weighted by molar-refractivity contribution is 6.09. The number of hydrogen-bond donors (Lipinski definition) is 1. The van der Waals surface area contributed by atoms with Crippen LogP contribution in [0.25, 0.3) is 10.9 Å². The van der Waals surface area contributed by atoms with Crippen LogP contribution in [0.1, 0.15) is 49.5 Å². The molecule has 0 bridgehead atoms. The fourth-order valence-corrected chi connectivity index (χ4v) is 4.08. The van der Waals surface area contributed by atoms with Crippen LogP contribution in [0, 0.1) is 0 Å². The van der Waals surface area contributed by atoms with Crippen LogP contribution in [0.3, 0.4) is 0 Å². The number of benzene rings is 1. The highest BCUT2D eigenvalue weighted by atomic mass is 16.6. The van der Waals surface area contributed by atoms with Crippen molar-refractivity contribution in [2.24, 2.45) is 0 Å². The minimum atomic E-state index is -1.18. The minimum Gasteiger partial charge on any atom is -0.465 e. The number of esters is 2. The number of aromatic nitrogens is 1. The van der Waals surface area contributed by atoms with Crippen molar-refractivity contribution in [2.45, 2.75) is 51.6 Å². The van der Waals surface area contributed by atoms with E-state index in [9.17, 15) is 19.5 Å². The summed E-state index contributed by atoms with van der Waals surface area (Å²) in [5.41, 5.74) is 2.03. The van der Waals surface area contributed by atoms with E-state index in [4.69, 9.17) is 4.74 Å². The smallest absolute Gasteiger partial charge is 0.408 e. The Bertz CT molecular complexity index is 1000. The molecular formula is C23H31N3O5. The van der Waals surface area contributed by atoms with Crippen LogP contribution in [0.2, 0.25) is 0 Å². The summed E-state index contributed by atoms with van der Waals surface area (Å²) in [6, 6.07) is 4.46. The molecule has 3 rings (SSSR count). The Hall–Kier alpha value is -2.87. The monoisotopic (exact) mass is 429 g/mol. The number of rotatable bonds is 5. The molecule has 1 aliphatic heterocycles. The summed E-state index contributed by atoms with van der Waals surface area (Å²) < 4.78 is 7.32. The first-order valence-electron chi connectivity index (χ1n) is 10.5. The fraction of sp³-hybridized carbons (Fsp3) is 0.522. The highest BCUT2D eigenvalue weighted by Crippen LogP contribution is 2.31. The molecule has 0 aliphatic carbocycles. The second-order valence-electron chi connectivity index (χ2n) is 9.29. The predicted octanol–water partition coefficient (Wildman–Crippen LogP) is 3.33. The summed E-state index contributed by atoms with van der Waals surface area (Å²) in [5, 5.41) is 10.0. The maximum absolute atomic E-state index is 13.0. The normalized spacial score (nSPS) is 16.8. The van der Waals surface area contributed by atoms with Gasteiger partial charge in [-0.3, -0.25) is 4.90 Å². The highest BCUT2D eigenvalue weighted by Gasteiger charge is 2.36. The molecule has 1 saturated heterocycles. The van der Waals surface area contributed by atoms with E-state index >= 15 is 0 Å². The lowest BCUT2D eigenvalue weighted by Gasteiger charge is -2.22. The number of nitrogens with zero attached hydrogens (tertiary/aromatic N) is 3. The standard InChI is InChI=1S/C23H31N3O5/c1-23(2,3)26-14-15(11-13-24(4)5)19-16(8-6-9-17(19)26)20(27)31-21(28)18-10-7-12-25(18)22(29)30/h6,8-9,14,18H,7,10-13H2,1-5H3,(H,29,30)/t18-/m0/s1. The number of ether oxygens (including phenoxy) is 1. The molecule has 8 heteroatoms. The third-order valence-corrected chi connectivity index (χ3v) is 5.64. The van der Waals surface area contributed by atoms with Gasteiger partial charge in [-0.05, 0) is 71.8 Å². The Morgan fingerprint density at radius 3 is 2.55 bits per heavy atom. The van der Waals surface area contributed by atoms with Crippen molar-refractivity contribution in [2.75, 3.05) is 27.2 Å². The molecule has 1 aromatic heterocycles. The van der Waals surface area contributed by atoms with Crippen LogP contribution >= 0.6 is 0 Å². The molecule has 0 unspecified atom stereocenters. The van der Waals surface area contributed by atoms with Gasteiger partial charge in [-0.2, -0.15) is 0 Å². The van der Waals surface area contributed by atoms with E-state index in [2.05, 4.69) is 36.4 Å². The molecule has 1 amide bonds. The number of likely N-dealkylation sites (tertiary alicyclic amines) is 1. The van der Waals surface area contributed by atoms with E-state index < -0.39 is 24.1 Å². The quantitative estimate of drug-likeness (QED) is 0.579. The fourth-order valence-electron chi connectivity index (χ4n) is 4.08. The molecule has 1 aliphatic rings. The van der Waals surface area contributed by atoms with E-state index in [1.165, 1.54) is 0 Å². The molecule has 168 valence electrons. The largest absolute Gasteiger partial charge is 0.465 e. The summed E-state index contributed by atoms with van der Waals surface area (Å²) in [5.74, 6) is -1.56. The Morgan fingerprint density at radius 1 is 1.23 bits per heavy atom. The van der Waals surface area contributed by atoms with Gasteiger partial charge >= 0.3 is 18.0 Å². The lowest BCUT2D eigenvalue weighted by molar-refractivity contribution is -0.142. The minimum absolute atomic E-state index is 0.196. The third-order valence-electron chi connectivity index (χ3n) is 5.64. The predicted molar refractivity (Wildman–Crippen MR) is 117 cm³/mol. The Morgan fingerprint density at radius 2 is 1.94 bits per heavy atom. The molecular weight excluding hydrogens is 398 g/mol. The van der Waals surface area contributed by atoms with Crippen molar-refractivity contribution in [3.8, 4) is 0 Å². The second-order valence-corrected chi connectivity index (χ2v) is 9.29. The molecule has 1 atom stereocenters. The topological polar surface area (TPSA) is 92.1 Å². The summed E-state index contributed by atoms with van der Waals surface area (Å²) in [4.78, 5) is 40.1. The molecule has 2 aromatic rings. The van der Waals surface area contributed by atoms with Crippen LogP contribution in [-0.4, -0.2) is 70.7 Å². The molecule has 1 fully saturated rings. The average Bonchev–Trinajstić information content (AvgIpc) is 3.31. The molecule has 2 heterocycles. The van der Waals surface area contributed by atoms with Crippen molar-refractivity contribution < 1.29 is 24.2 Å². The third kappa shape index (κ3) is 4.74. The van der Waals surface area contributed by atoms with Crippen LogP contribution in [-0.2, 0) is 21.5 Å². The van der Waals surface area contributed by atoms with Crippen molar-refractivity contribution in [1.82, 2.24) is 14.4 Å². The molecule has 1 N–H and O–H groups in total. The first kappa shape index (κ1) is 22.8. The molecule has 1 aromatic carbocycles. The van der Waals surface area contributed by atoms with Crippen molar-refractivity contribution in [1.29, 1.82) is 0 Å². The number of carbonyl (C=O) groups excluding carboxylic acids is 2. The van der Waals surface area contributed by atoms with E-state index in [-0.39, 0.29) is 12.1 Å². The maximum atomic E-state index is 13.0. The molecule has 31 heavy (non-hydrogen) atoms. The Labute approximate surface area is 182 Å². The van der Waals surface area contributed by atoms with Crippen LogP contribution in [0.5, 0.6) is 0 Å². The Balaban J connectivity index is 1.97. The number of amides is 1. The zero-order chi connectivity index (χ0) is 22.9. The number of fused-ring (bicyclic) bond motifs is 1. The summed E-state index contributed by atoms with van der Waals surface area (Å²) >= 11 is 0. The van der Waals surface area contributed by atoms with E-state index in [1.807, 2.05) is 20.2 Å². The van der Waals surface area contributed by atoms with Gasteiger partial charge in [0.25, 0.3) is 0 Å². The van der Waals surface area contributed by atoms with Gasteiger partial charge in [-0.15, -0.1) is 0 Å². The van der Waals surface area contributed by atoms with Gasteiger partial charge in [-0.1, -0.05) is 6.07 Å². The van der Waals surface area contributed by atoms with Crippen LogP contribution < -0.4 is 0 Å². The van der Waals surface area contributed by atoms with Crippen LogP contribution in [0.4, 0.5) is 4.79 Å². The van der Waals surface area contributed by atoms with E-state index in [0.29, 0.717) is 18.4 Å². The molecule has 0 spiro atoms. The first-order chi connectivity index (χ1) is 14.5. The molecule has 8 nitrogen and oxygen atoms in total. The number of hydrogen-bond acceptors (Lipinski definition) is 5. The number of carboxylic acid groups (broad SMARTS) is 1. The molecule has 0 saturated carbocycles. The number of likely N-dealkylation sites (N-methyl/N-ethyl adjacent to an activating group) is 1. The lowest BCUT2D eigenvalue weighted by Crippen LogP contribution is -2.41. The number of carbonyl (C=O) groups is 3. The Kier molecular flexibility index (Phi) is 6.40. The van der Waals surface area contributed by atoms with Gasteiger partial charge in [0.2, 0.25) is 0 Å². The SMILES string of the molecule is CN(C)CCc1cn(C(C)(C)C)c2cccc(C(=O)OC(=O)[C@@H]3CCCN3C(=O)O)c12. The zero-order valence-corrected chi connectivity index (χ0v) is 18.8. The summed E-state index contributed by atoms with van der Waals surface area (Å²) in [7, 11) is 3.99. The van der Waals surface area contributed by atoms with Crippen molar-refractivity contribution in [3.05, 3.63) is 35.5 Å². The lowest BCUT2D eigenvalue weighted by atomic mass is 10.0. The van der Waals surface area contributed by atoms with Crippen LogP contribution in [0.15, 0.2) is 24.4 Å². The summed E-state index contributed by atoms with van der Waals surface area (Å²) in [6.45, 7) is 7.36. The van der Waals surface area contributed by atoms with Gasteiger partial charge < -0.3 is 19.3 Å². The van der Waals surface area contributed by atoms with Gasteiger partial charge in [-0.25, -0.2) is 14.4 Å². The van der Waals surface area contributed by atoms with Crippen molar-refractivity contribution >= 4 is 28.9 Å². The molecule has 0 radical (unpaired) electrons. The second kappa shape index (κ2) is 8.70. The maximum Gasteiger partial charge on any atom is 0.408 e. The zero-order valence-electron chi connectivity index (χ0n) is 18.8. The summed E-state index contributed by atoms with van der Waals surface area (Å²) in [6.07, 6.45) is 2.55.